The second-order valence-corrected chi connectivity index (χ2v) is 6.08. The summed E-state index contributed by atoms with van der Waals surface area (Å²) in [6.45, 7) is 5.17. The van der Waals surface area contributed by atoms with E-state index >= 15 is 0 Å². The lowest BCUT2D eigenvalue weighted by Gasteiger charge is -2.17. The molecule has 0 aliphatic heterocycles. The van der Waals surface area contributed by atoms with E-state index in [2.05, 4.69) is 10.1 Å². The zero-order chi connectivity index (χ0) is 16.5. The molecule has 0 N–H and O–H groups in total. The fourth-order valence-electron chi connectivity index (χ4n) is 1.74. The van der Waals surface area contributed by atoms with Crippen LogP contribution < -0.4 is 9.05 Å². The molecular formula is C16H20N3O3P. The highest BCUT2D eigenvalue weighted by Gasteiger charge is 2.29. The molecule has 2 aromatic carbocycles. The van der Waals surface area contributed by atoms with Gasteiger partial charge in [0.15, 0.2) is 0 Å². The first-order valence-corrected chi connectivity index (χ1v) is 8.92. The van der Waals surface area contributed by atoms with Gasteiger partial charge in [-0.25, -0.2) is 4.57 Å². The van der Waals surface area contributed by atoms with Gasteiger partial charge in [-0.1, -0.05) is 41.6 Å². The third kappa shape index (κ3) is 5.42. The highest BCUT2D eigenvalue weighted by atomic mass is 31.2. The summed E-state index contributed by atoms with van der Waals surface area (Å²) >= 11 is 0. The van der Waals surface area contributed by atoms with E-state index in [0.29, 0.717) is 24.6 Å². The Balaban J connectivity index is 2.24. The smallest absolute Gasteiger partial charge is 0.398 e. The molecule has 0 spiro atoms. The van der Waals surface area contributed by atoms with E-state index < -0.39 is 7.75 Å². The summed E-state index contributed by atoms with van der Waals surface area (Å²) < 4.78 is 23.9. The molecule has 0 saturated heterocycles. The molecule has 0 unspecified atom stereocenters. The number of nitrogens with zero attached hydrogens (tertiary/aromatic N) is 3. The van der Waals surface area contributed by atoms with Gasteiger partial charge in [-0.15, -0.1) is 0 Å². The molecule has 2 rings (SSSR count). The molecule has 0 bridgehead atoms. The van der Waals surface area contributed by atoms with E-state index in [1.807, 2.05) is 26.0 Å². The standard InChI is InChI=1S/C16H20N3O3P/c1-3-19(4-2)17-18-23(20,21-15-11-7-5-8-12-15)22-16-13-9-6-10-14-16/h5-14H,3-4H2,1-2H3/b18-17+. The van der Waals surface area contributed by atoms with Crippen molar-refractivity contribution in [3.05, 3.63) is 60.7 Å². The Kier molecular flexibility index (Phi) is 6.18. The fraction of sp³-hybridized carbons (Fsp3) is 0.250. The summed E-state index contributed by atoms with van der Waals surface area (Å²) in [5.41, 5.74) is 0. The zero-order valence-electron chi connectivity index (χ0n) is 13.2. The number of rotatable bonds is 8. The van der Waals surface area contributed by atoms with E-state index in [1.54, 1.807) is 53.5 Å². The van der Waals surface area contributed by atoms with E-state index in [-0.39, 0.29) is 0 Å². The van der Waals surface area contributed by atoms with Crippen molar-refractivity contribution >= 4 is 7.75 Å². The second kappa shape index (κ2) is 8.34. The average molecular weight is 333 g/mol. The van der Waals surface area contributed by atoms with Crippen LogP contribution in [0.15, 0.2) is 70.8 Å². The predicted molar refractivity (Wildman–Crippen MR) is 89.5 cm³/mol. The number of para-hydroxylation sites is 2. The van der Waals surface area contributed by atoms with Crippen LogP contribution in [0.5, 0.6) is 11.5 Å². The Morgan fingerprint density at radius 3 is 1.70 bits per heavy atom. The van der Waals surface area contributed by atoms with Gasteiger partial charge in [-0.3, -0.25) is 5.01 Å². The van der Waals surface area contributed by atoms with Crippen molar-refractivity contribution in [1.29, 1.82) is 0 Å². The second-order valence-electron chi connectivity index (χ2n) is 4.60. The maximum Gasteiger partial charge on any atom is 0.583 e. The van der Waals surface area contributed by atoms with Crippen molar-refractivity contribution in [1.82, 2.24) is 5.01 Å². The van der Waals surface area contributed by atoms with Crippen LogP contribution in [-0.2, 0) is 4.57 Å². The minimum Gasteiger partial charge on any atom is -0.398 e. The molecule has 23 heavy (non-hydrogen) atoms. The summed E-state index contributed by atoms with van der Waals surface area (Å²) in [4.78, 5) is 3.85. The maximum atomic E-state index is 13.0. The lowest BCUT2D eigenvalue weighted by atomic mass is 10.3. The van der Waals surface area contributed by atoms with Crippen LogP contribution in [0.2, 0.25) is 0 Å². The van der Waals surface area contributed by atoms with Gasteiger partial charge < -0.3 is 9.05 Å². The first kappa shape index (κ1) is 17.0. The monoisotopic (exact) mass is 333 g/mol. The number of benzene rings is 2. The van der Waals surface area contributed by atoms with E-state index in [9.17, 15) is 4.57 Å². The summed E-state index contributed by atoms with van der Waals surface area (Å²) in [7, 11) is -3.83. The van der Waals surface area contributed by atoms with Crippen molar-refractivity contribution < 1.29 is 13.6 Å². The third-order valence-electron chi connectivity index (χ3n) is 2.93. The predicted octanol–water partition coefficient (Wildman–Crippen LogP) is 4.96. The Bertz CT molecular complexity index is 615. The van der Waals surface area contributed by atoms with Crippen molar-refractivity contribution in [2.24, 2.45) is 10.1 Å². The molecule has 0 amide bonds. The van der Waals surface area contributed by atoms with Gasteiger partial charge in [0.25, 0.3) is 0 Å². The molecule has 6 nitrogen and oxygen atoms in total. The normalized spacial score (nSPS) is 11.4. The van der Waals surface area contributed by atoms with Gasteiger partial charge in [0.05, 0.1) is 0 Å². The van der Waals surface area contributed by atoms with Gasteiger partial charge in [0.1, 0.15) is 11.5 Å². The molecule has 0 atom stereocenters. The largest absolute Gasteiger partial charge is 0.583 e. The Hall–Kier alpha value is -2.33. The number of hydrogen-bond donors (Lipinski definition) is 0. The molecule has 0 radical (unpaired) electrons. The molecule has 122 valence electrons. The first-order chi connectivity index (χ1) is 11.1. The van der Waals surface area contributed by atoms with E-state index in [1.165, 1.54) is 0 Å². The summed E-state index contributed by atoms with van der Waals surface area (Å²) in [5.74, 6) is 0.815. The van der Waals surface area contributed by atoms with Crippen LogP contribution in [0.4, 0.5) is 0 Å². The number of hydrogen-bond acceptors (Lipinski definition) is 4. The molecule has 0 aromatic heterocycles. The quantitative estimate of drug-likeness (QED) is 0.389. The van der Waals surface area contributed by atoms with Gasteiger partial charge in [-0.05, 0) is 43.0 Å². The van der Waals surface area contributed by atoms with Gasteiger partial charge in [0, 0.05) is 13.1 Å². The SMILES string of the molecule is CCN(CC)/N=N/P(=O)(Oc1ccccc1)Oc1ccccc1. The highest BCUT2D eigenvalue weighted by molar-refractivity contribution is 7.53. The first-order valence-electron chi connectivity index (χ1n) is 7.42. The van der Waals surface area contributed by atoms with Gasteiger partial charge in [-0.2, -0.15) is 0 Å². The van der Waals surface area contributed by atoms with Crippen LogP contribution in [0, 0.1) is 0 Å². The minimum atomic E-state index is -3.83. The zero-order valence-corrected chi connectivity index (χ0v) is 14.1. The minimum absolute atomic E-state index is 0.408. The summed E-state index contributed by atoms with van der Waals surface area (Å²) in [5, 5.41) is 5.63. The van der Waals surface area contributed by atoms with Crippen LogP contribution in [0.1, 0.15) is 13.8 Å². The fourth-order valence-corrected chi connectivity index (χ4v) is 2.84. The van der Waals surface area contributed by atoms with Gasteiger partial charge in [0.2, 0.25) is 0 Å². The highest BCUT2D eigenvalue weighted by Crippen LogP contribution is 2.50. The molecule has 0 fully saturated rings. The van der Waals surface area contributed by atoms with Crippen LogP contribution >= 0.6 is 7.75 Å². The van der Waals surface area contributed by atoms with Crippen molar-refractivity contribution in [2.75, 3.05) is 13.1 Å². The molecule has 0 aliphatic carbocycles. The third-order valence-corrected chi connectivity index (χ3v) is 4.12. The molecular weight excluding hydrogens is 313 g/mol. The van der Waals surface area contributed by atoms with Crippen LogP contribution in [0.3, 0.4) is 0 Å². The maximum absolute atomic E-state index is 13.0. The molecule has 0 aliphatic rings. The Morgan fingerprint density at radius 1 is 0.870 bits per heavy atom. The summed E-state index contributed by atoms with van der Waals surface area (Å²) in [6, 6.07) is 17.6. The van der Waals surface area contributed by atoms with E-state index in [0.717, 1.165) is 0 Å². The lowest BCUT2D eigenvalue weighted by molar-refractivity contribution is 0.294. The van der Waals surface area contributed by atoms with Gasteiger partial charge >= 0.3 is 7.75 Å². The Labute approximate surface area is 136 Å². The average Bonchev–Trinajstić information content (AvgIpc) is 2.57. The van der Waals surface area contributed by atoms with Crippen LogP contribution in [0.25, 0.3) is 0 Å². The topological polar surface area (TPSA) is 63.5 Å². The molecule has 2 aromatic rings. The lowest BCUT2D eigenvalue weighted by Crippen LogP contribution is -2.15. The van der Waals surface area contributed by atoms with Crippen molar-refractivity contribution in [3.8, 4) is 11.5 Å². The molecule has 0 saturated carbocycles. The van der Waals surface area contributed by atoms with Crippen molar-refractivity contribution in [2.45, 2.75) is 13.8 Å². The van der Waals surface area contributed by atoms with Crippen molar-refractivity contribution in [3.63, 3.8) is 0 Å². The summed E-state index contributed by atoms with van der Waals surface area (Å²) in [6.07, 6.45) is 0. The Morgan fingerprint density at radius 2 is 1.30 bits per heavy atom. The molecule has 7 heteroatoms. The van der Waals surface area contributed by atoms with E-state index in [4.69, 9.17) is 9.05 Å². The van der Waals surface area contributed by atoms with Crippen LogP contribution in [-0.4, -0.2) is 18.1 Å². The molecule has 0 heterocycles.